The highest BCUT2D eigenvalue weighted by Gasteiger charge is 2.24. The smallest absolute Gasteiger partial charge is 0.338 e. The van der Waals surface area contributed by atoms with Gasteiger partial charge in [0.15, 0.2) is 0 Å². The highest BCUT2D eigenvalue weighted by molar-refractivity contribution is 7.92. The normalized spacial score (nSPS) is 18.9. The molecule has 0 bridgehead atoms. The molecule has 1 atom stereocenters. The van der Waals surface area contributed by atoms with Gasteiger partial charge in [-0.1, -0.05) is 0 Å². The Kier molecular flexibility index (Phi) is 4.97. The van der Waals surface area contributed by atoms with Crippen LogP contribution < -0.4 is 4.72 Å². The van der Waals surface area contributed by atoms with Crippen LogP contribution in [0.5, 0.6) is 0 Å². The maximum Gasteiger partial charge on any atom is 0.338 e. The summed E-state index contributed by atoms with van der Waals surface area (Å²) in [4.78, 5) is 10.7. The molecule has 0 aliphatic carbocycles. The predicted octanol–water partition coefficient (Wildman–Crippen LogP) is 1.97. The van der Waals surface area contributed by atoms with Crippen molar-refractivity contribution in [3.8, 4) is 0 Å². The van der Waals surface area contributed by atoms with Crippen molar-refractivity contribution in [1.29, 1.82) is 0 Å². The topological polar surface area (TPSA) is 92.7 Å². The third-order valence-electron chi connectivity index (χ3n) is 3.23. The van der Waals surface area contributed by atoms with Crippen molar-refractivity contribution in [3.63, 3.8) is 0 Å². The second-order valence-corrected chi connectivity index (χ2v) is 6.76. The molecule has 1 heterocycles. The molecule has 0 saturated carbocycles. The number of rotatable bonds is 5. The zero-order chi connectivity index (χ0) is 16.3. The predicted molar refractivity (Wildman–Crippen MR) is 74.3 cm³/mol. The first-order valence-electron chi connectivity index (χ1n) is 6.63. The molecule has 1 unspecified atom stereocenters. The van der Waals surface area contributed by atoms with E-state index in [1.807, 2.05) is 4.72 Å². The molecule has 9 heteroatoms. The Bertz CT molecular complexity index is 671. The highest BCUT2D eigenvalue weighted by Crippen LogP contribution is 2.22. The van der Waals surface area contributed by atoms with E-state index in [1.165, 1.54) is 0 Å². The Balaban J connectivity index is 2.15. The van der Waals surface area contributed by atoms with Gasteiger partial charge in [0.2, 0.25) is 10.0 Å². The number of aromatic carboxylic acids is 1. The number of ether oxygens (including phenoxy) is 1. The lowest BCUT2D eigenvalue weighted by Crippen LogP contribution is -2.31. The summed E-state index contributed by atoms with van der Waals surface area (Å²) >= 11 is 0. The number of sulfonamides is 1. The van der Waals surface area contributed by atoms with Crippen LogP contribution in [-0.4, -0.2) is 38.0 Å². The van der Waals surface area contributed by atoms with E-state index in [0.717, 1.165) is 12.8 Å². The number of hydrogen-bond donors (Lipinski definition) is 2. The van der Waals surface area contributed by atoms with E-state index in [0.29, 0.717) is 25.2 Å². The average Bonchev–Trinajstić information content (AvgIpc) is 2.42. The van der Waals surface area contributed by atoms with Crippen LogP contribution in [0, 0.1) is 11.6 Å². The second kappa shape index (κ2) is 6.57. The summed E-state index contributed by atoms with van der Waals surface area (Å²) in [5, 5.41) is 8.67. The highest BCUT2D eigenvalue weighted by atomic mass is 32.2. The van der Waals surface area contributed by atoms with Gasteiger partial charge in [-0.2, -0.15) is 0 Å². The molecule has 1 saturated heterocycles. The van der Waals surface area contributed by atoms with Crippen LogP contribution in [0.4, 0.5) is 14.5 Å². The molecule has 1 aliphatic rings. The first kappa shape index (κ1) is 16.6. The molecular weight excluding hydrogens is 320 g/mol. The van der Waals surface area contributed by atoms with Crippen LogP contribution in [0.1, 0.15) is 29.6 Å². The number of nitrogens with one attached hydrogen (secondary N) is 1. The number of carboxylic acids is 1. The van der Waals surface area contributed by atoms with Gasteiger partial charge in [0, 0.05) is 12.7 Å². The van der Waals surface area contributed by atoms with Crippen molar-refractivity contribution < 1.29 is 31.8 Å². The van der Waals surface area contributed by atoms with Gasteiger partial charge in [0.25, 0.3) is 0 Å². The Morgan fingerprint density at radius 3 is 2.64 bits per heavy atom. The van der Waals surface area contributed by atoms with Crippen molar-refractivity contribution in [2.45, 2.75) is 25.4 Å². The van der Waals surface area contributed by atoms with E-state index in [2.05, 4.69) is 0 Å². The molecule has 2 rings (SSSR count). The Morgan fingerprint density at radius 1 is 1.32 bits per heavy atom. The maximum absolute atomic E-state index is 13.7. The van der Waals surface area contributed by atoms with Crippen LogP contribution in [0.25, 0.3) is 0 Å². The lowest BCUT2D eigenvalue weighted by Gasteiger charge is -2.22. The fourth-order valence-corrected chi connectivity index (χ4v) is 3.51. The van der Waals surface area contributed by atoms with Crippen LogP contribution in [0.15, 0.2) is 12.1 Å². The molecule has 2 N–H and O–H groups in total. The van der Waals surface area contributed by atoms with Crippen molar-refractivity contribution in [2.75, 3.05) is 17.1 Å². The molecule has 0 aromatic heterocycles. The summed E-state index contributed by atoms with van der Waals surface area (Å²) in [6, 6.07) is 0.949. The molecule has 122 valence electrons. The van der Waals surface area contributed by atoms with E-state index in [-0.39, 0.29) is 5.75 Å². The van der Waals surface area contributed by atoms with Crippen molar-refractivity contribution in [1.82, 2.24) is 0 Å². The minimum atomic E-state index is -3.94. The minimum Gasteiger partial charge on any atom is -0.478 e. The van der Waals surface area contributed by atoms with Gasteiger partial charge >= 0.3 is 5.97 Å². The van der Waals surface area contributed by atoms with Gasteiger partial charge in [-0.15, -0.1) is 0 Å². The second-order valence-electron chi connectivity index (χ2n) is 4.99. The lowest BCUT2D eigenvalue weighted by molar-refractivity contribution is 0.0306. The van der Waals surface area contributed by atoms with Crippen molar-refractivity contribution >= 4 is 21.7 Å². The number of carbonyl (C=O) groups is 1. The minimum absolute atomic E-state index is 0.366. The first-order valence-corrected chi connectivity index (χ1v) is 8.28. The van der Waals surface area contributed by atoms with Gasteiger partial charge in [-0.25, -0.2) is 22.0 Å². The first-order chi connectivity index (χ1) is 10.3. The largest absolute Gasteiger partial charge is 0.478 e. The quantitative estimate of drug-likeness (QED) is 0.858. The number of halogens is 2. The van der Waals surface area contributed by atoms with E-state index < -0.39 is 45.0 Å². The maximum atomic E-state index is 13.7. The SMILES string of the molecule is O=C(O)c1cc(F)c(NS(=O)(=O)CC2CCCCO2)cc1F. The molecule has 1 aromatic rings. The van der Waals surface area contributed by atoms with Crippen LogP contribution in [-0.2, 0) is 14.8 Å². The van der Waals surface area contributed by atoms with Gasteiger partial charge < -0.3 is 9.84 Å². The zero-order valence-corrected chi connectivity index (χ0v) is 12.3. The van der Waals surface area contributed by atoms with Crippen LogP contribution >= 0.6 is 0 Å². The molecule has 0 spiro atoms. The molecule has 1 aliphatic heterocycles. The third kappa shape index (κ3) is 4.14. The summed E-state index contributed by atoms with van der Waals surface area (Å²) in [6.45, 7) is 0.469. The van der Waals surface area contributed by atoms with E-state index in [1.54, 1.807) is 0 Å². The lowest BCUT2D eigenvalue weighted by atomic mass is 10.1. The number of carboxylic acid groups (broad SMARTS) is 1. The summed E-state index contributed by atoms with van der Waals surface area (Å²) < 4.78 is 58.3. The number of anilines is 1. The average molecular weight is 335 g/mol. The Morgan fingerprint density at radius 2 is 2.05 bits per heavy atom. The van der Waals surface area contributed by atoms with E-state index in [4.69, 9.17) is 9.84 Å². The summed E-state index contributed by atoms with van der Waals surface area (Å²) in [5.41, 5.74) is -1.49. The molecule has 1 fully saturated rings. The third-order valence-corrected chi connectivity index (χ3v) is 4.57. The van der Waals surface area contributed by atoms with Crippen molar-refractivity contribution in [3.05, 3.63) is 29.3 Å². The Hall–Kier alpha value is -1.74. The van der Waals surface area contributed by atoms with Crippen LogP contribution in [0.2, 0.25) is 0 Å². The van der Waals surface area contributed by atoms with Gasteiger partial charge in [0.05, 0.1) is 23.1 Å². The standard InChI is InChI=1S/C13H15F2NO5S/c14-10-6-12(11(15)5-9(10)13(17)18)16-22(19,20)7-8-3-1-2-4-21-8/h5-6,8,16H,1-4,7H2,(H,17,18). The molecule has 0 radical (unpaired) electrons. The molecular formula is C13H15F2NO5S. The fourth-order valence-electron chi connectivity index (χ4n) is 2.18. The van der Waals surface area contributed by atoms with E-state index >= 15 is 0 Å². The summed E-state index contributed by atoms with van der Waals surface area (Å²) in [7, 11) is -3.94. The summed E-state index contributed by atoms with van der Waals surface area (Å²) in [6.07, 6.45) is 1.80. The zero-order valence-electron chi connectivity index (χ0n) is 11.5. The van der Waals surface area contributed by atoms with E-state index in [9.17, 15) is 22.0 Å². The number of hydrogen-bond acceptors (Lipinski definition) is 4. The molecule has 0 amide bonds. The van der Waals surface area contributed by atoms with Crippen molar-refractivity contribution in [2.24, 2.45) is 0 Å². The molecule has 6 nitrogen and oxygen atoms in total. The van der Waals surface area contributed by atoms with Gasteiger partial charge in [-0.3, -0.25) is 4.72 Å². The molecule has 22 heavy (non-hydrogen) atoms. The fraction of sp³-hybridized carbons (Fsp3) is 0.462. The monoisotopic (exact) mass is 335 g/mol. The number of benzene rings is 1. The van der Waals surface area contributed by atoms with Gasteiger partial charge in [-0.05, 0) is 25.3 Å². The Labute approximate surface area is 126 Å². The van der Waals surface area contributed by atoms with Crippen LogP contribution in [0.3, 0.4) is 0 Å². The molecule has 1 aromatic carbocycles. The summed E-state index contributed by atoms with van der Waals surface area (Å²) in [5.74, 6) is -4.39. The van der Waals surface area contributed by atoms with Gasteiger partial charge in [0.1, 0.15) is 11.6 Å².